The van der Waals surface area contributed by atoms with E-state index in [1.54, 1.807) is 26.1 Å². The minimum atomic E-state index is -0.351. The molecule has 2 aromatic carbocycles. The number of nitrogens with zero attached hydrogens (tertiary/aromatic N) is 1. The summed E-state index contributed by atoms with van der Waals surface area (Å²) in [5.41, 5.74) is 3.46. The van der Waals surface area contributed by atoms with Crippen LogP contribution in [0.4, 0.5) is 5.69 Å². The number of carbonyl (C=O) groups is 1. The molecule has 6 heteroatoms. The molecule has 1 atom stereocenters. The van der Waals surface area contributed by atoms with Crippen molar-refractivity contribution in [1.29, 1.82) is 0 Å². The summed E-state index contributed by atoms with van der Waals surface area (Å²) in [7, 11) is 1.61. The molecule has 6 nitrogen and oxygen atoms in total. The SMILES string of the molecule is CNC(=O)c1cccc(CCNC(C)c2cccc([N+](=O)[O-])c2C)c1. The standard InChI is InChI=1S/C19H23N3O3/c1-13-17(8-5-9-18(13)22(24)25)14(2)21-11-10-15-6-4-7-16(12-15)19(23)20-3/h4-9,12,14,21H,10-11H2,1-3H3,(H,20,23). The molecule has 0 saturated carbocycles. The van der Waals surface area contributed by atoms with E-state index in [0.29, 0.717) is 17.7 Å². The zero-order valence-electron chi connectivity index (χ0n) is 14.7. The predicted octanol–water partition coefficient (Wildman–Crippen LogP) is 3.16. The Kier molecular flexibility index (Phi) is 6.25. The molecule has 2 aromatic rings. The molecule has 2 N–H and O–H groups in total. The van der Waals surface area contributed by atoms with E-state index < -0.39 is 0 Å². The largest absolute Gasteiger partial charge is 0.355 e. The van der Waals surface area contributed by atoms with Crippen molar-refractivity contribution in [2.45, 2.75) is 26.3 Å². The molecule has 132 valence electrons. The fourth-order valence-electron chi connectivity index (χ4n) is 2.86. The number of hydrogen-bond donors (Lipinski definition) is 2. The van der Waals surface area contributed by atoms with E-state index in [2.05, 4.69) is 10.6 Å². The summed E-state index contributed by atoms with van der Waals surface area (Å²) in [6.07, 6.45) is 0.767. The van der Waals surface area contributed by atoms with Crippen LogP contribution in [0.2, 0.25) is 0 Å². The van der Waals surface area contributed by atoms with Gasteiger partial charge >= 0.3 is 0 Å². The normalized spacial score (nSPS) is 11.8. The molecule has 0 spiro atoms. The lowest BCUT2D eigenvalue weighted by Crippen LogP contribution is -2.22. The Balaban J connectivity index is 1.99. The van der Waals surface area contributed by atoms with Gasteiger partial charge in [-0.3, -0.25) is 14.9 Å². The Morgan fingerprint density at radius 2 is 1.96 bits per heavy atom. The third-order valence-electron chi connectivity index (χ3n) is 4.29. The van der Waals surface area contributed by atoms with Crippen LogP contribution in [-0.2, 0) is 6.42 Å². The minimum absolute atomic E-state index is 0.00187. The van der Waals surface area contributed by atoms with Crippen LogP contribution in [0.3, 0.4) is 0 Å². The molecule has 1 unspecified atom stereocenters. The summed E-state index contributed by atoms with van der Waals surface area (Å²) < 4.78 is 0. The minimum Gasteiger partial charge on any atom is -0.355 e. The second-order valence-electron chi connectivity index (χ2n) is 5.95. The van der Waals surface area contributed by atoms with Crippen LogP contribution in [0, 0.1) is 17.0 Å². The molecule has 0 heterocycles. The van der Waals surface area contributed by atoms with Crippen molar-refractivity contribution in [3.63, 3.8) is 0 Å². The monoisotopic (exact) mass is 341 g/mol. The van der Waals surface area contributed by atoms with Crippen LogP contribution in [-0.4, -0.2) is 24.4 Å². The van der Waals surface area contributed by atoms with E-state index in [1.807, 2.05) is 31.2 Å². The van der Waals surface area contributed by atoms with Crippen LogP contribution in [0.5, 0.6) is 0 Å². The summed E-state index contributed by atoms with van der Waals surface area (Å²) in [6, 6.07) is 12.7. The van der Waals surface area contributed by atoms with E-state index in [4.69, 9.17) is 0 Å². The van der Waals surface area contributed by atoms with Gasteiger partial charge in [0.15, 0.2) is 0 Å². The zero-order chi connectivity index (χ0) is 18.4. The van der Waals surface area contributed by atoms with Crippen molar-refractivity contribution in [3.05, 3.63) is 74.8 Å². The van der Waals surface area contributed by atoms with E-state index in [1.165, 1.54) is 6.07 Å². The van der Waals surface area contributed by atoms with E-state index in [-0.39, 0.29) is 22.6 Å². The van der Waals surface area contributed by atoms with Crippen LogP contribution < -0.4 is 10.6 Å². The third-order valence-corrected chi connectivity index (χ3v) is 4.29. The topological polar surface area (TPSA) is 84.3 Å². The first kappa shape index (κ1) is 18.6. The fraction of sp³-hybridized carbons (Fsp3) is 0.316. The molecular weight excluding hydrogens is 318 g/mol. The van der Waals surface area contributed by atoms with E-state index in [0.717, 1.165) is 17.5 Å². The Hall–Kier alpha value is -2.73. The first-order valence-electron chi connectivity index (χ1n) is 8.22. The van der Waals surface area contributed by atoms with Crippen molar-refractivity contribution in [1.82, 2.24) is 10.6 Å². The molecule has 0 aliphatic heterocycles. The molecule has 0 aliphatic rings. The number of benzene rings is 2. The lowest BCUT2D eigenvalue weighted by molar-refractivity contribution is -0.385. The average molecular weight is 341 g/mol. The average Bonchev–Trinajstić information content (AvgIpc) is 2.61. The number of hydrogen-bond acceptors (Lipinski definition) is 4. The van der Waals surface area contributed by atoms with Gasteiger partial charge in [-0.05, 0) is 50.1 Å². The Bertz CT molecular complexity index is 774. The molecule has 1 amide bonds. The molecule has 0 aliphatic carbocycles. The summed E-state index contributed by atoms with van der Waals surface area (Å²) in [4.78, 5) is 22.4. The van der Waals surface area contributed by atoms with Gasteiger partial charge in [0.25, 0.3) is 11.6 Å². The highest BCUT2D eigenvalue weighted by Crippen LogP contribution is 2.25. The summed E-state index contributed by atoms with van der Waals surface area (Å²) >= 11 is 0. The van der Waals surface area contributed by atoms with Gasteiger partial charge < -0.3 is 10.6 Å². The predicted molar refractivity (Wildman–Crippen MR) is 97.8 cm³/mol. The van der Waals surface area contributed by atoms with Crippen molar-refractivity contribution >= 4 is 11.6 Å². The molecule has 25 heavy (non-hydrogen) atoms. The van der Waals surface area contributed by atoms with Gasteiger partial charge in [0.05, 0.1) is 4.92 Å². The molecular formula is C19H23N3O3. The first-order valence-corrected chi connectivity index (χ1v) is 8.22. The number of nitro groups is 1. The maximum absolute atomic E-state index is 11.7. The first-order chi connectivity index (χ1) is 11.9. The van der Waals surface area contributed by atoms with Gasteiger partial charge in [0.2, 0.25) is 0 Å². The fourth-order valence-corrected chi connectivity index (χ4v) is 2.86. The second-order valence-corrected chi connectivity index (χ2v) is 5.95. The van der Waals surface area contributed by atoms with Gasteiger partial charge in [-0.2, -0.15) is 0 Å². The van der Waals surface area contributed by atoms with Gasteiger partial charge in [-0.1, -0.05) is 24.3 Å². The maximum atomic E-state index is 11.7. The number of nitrogens with one attached hydrogen (secondary N) is 2. The quantitative estimate of drug-likeness (QED) is 0.598. The molecule has 0 saturated heterocycles. The highest BCUT2D eigenvalue weighted by atomic mass is 16.6. The number of nitro benzene ring substituents is 1. The van der Waals surface area contributed by atoms with Crippen LogP contribution in [0.15, 0.2) is 42.5 Å². The smallest absolute Gasteiger partial charge is 0.272 e. The maximum Gasteiger partial charge on any atom is 0.272 e. The van der Waals surface area contributed by atoms with E-state index in [9.17, 15) is 14.9 Å². The Labute approximate surface area is 147 Å². The molecule has 0 aromatic heterocycles. The van der Waals surface area contributed by atoms with Crippen molar-refractivity contribution < 1.29 is 9.72 Å². The summed E-state index contributed by atoms with van der Waals surface area (Å²) in [5, 5.41) is 17.1. The van der Waals surface area contributed by atoms with Crippen molar-refractivity contribution in [2.24, 2.45) is 0 Å². The van der Waals surface area contributed by atoms with Crippen molar-refractivity contribution in [2.75, 3.05) is 13.6 Å². The second kappa shape index (κ2) is 8.39. The zero-order valence-corrected chi connectivity index (χ0v) is 14.7. The Morgan fingerprint density at radius 3 is 2.64 bits per heavy atom. The Morgan fingerprint density at radius 1 is 1.24 bits per heavy atom. The summed E-state index contributed by atoms with van der Waals surface area (Å²) in [5.74, 6) is -0.101. The molecule has 0 bridgehead atoms. The van der Waals surface area contributed by atoms with Gasteiger partial charge in [0.1, 0.15) is 0 Å². The van der Waals surface area contributed by atoms with Crippen LogP contribution >= 0.6 is 0 Å². The molecule has 0 radical (unpaired) electrons. The highest BCUT2D eigenvalue weighted by molar-refractivity contribution is 5.94. The lowest BCUT2D eigenvalue weighted by atomic mass is 10.0. The molecule has 2 rings (SSSR count). The third kappa shape index (κ3) is 4.64. The van der Waals surface area contributed by atoms with Gasteiger partial charge in [-0.25, -0.2) is 0 Å². The lowest BCUT2D eigenvalue weighted by Gasteiger charge is -2.16. The number of rotatable bonds is 7. The number of carbonyl (C=O) groups excluding carboxylic acids is 1. The van der Waals surface area contributed by atoms with Crippen molar-refractivity contribution in [3.8, 4) is 0 Å². The van der Waals surface area contributed by atoms with Crippen LogP contribution in [0.25, 0.3) is 0 Å². The van der Waals surface area contributed by atoms with Gasteiger partial charge in [0, 0.05) is 30.3 Å². The van der Waals surface area contributed by atoms with Crippen LogP contribution in [0.1, 0.15) is 40.0 Å². The summed E-state index contributed by atoms with van der Waals surface area (Å²) in [6.45, 7) is 4.48. The van der Waals surface area contributed by atoms with E-state index >= 15 is 0 Å². The highest BCUT2D eigenvalue weighted by Gasteiger charge is 2.16. The number of amides is 1. The molecule has 0 fully saturated rings. The van der Waals surface area contributed by atoms with Gasteiger partial charge in [-0.15, -0.1) is 0 Å².